The van der Waals surface area contributed by atoms with Crippen LogP contribution in [-0.4, -0.2) is 78.1 Å². The van der Waals surface area contributed by atoms with Gasteiger partial charge in [-0.3, -0.25) is 14.4 Å². The number of nitrogens with zero attached hydrogens (tertiary/aromatic N) is 1. The van der Waals surface area contributed by atoms with Crippen LogP contribution in [-0.2, 0) is 33.4 Å². The highest BCUT2D eigenvalue weighted by molar-refractivity contribution is 5.96. The number of nitrogens with one attached hydrogen (secondary N) is 2. The minimum absolute atomic E-state index is 0.150. The number of hydrogen-bond donors (Lipinski definition) is 3. The molecule has 3 N–H and O–H groups in total. The quantitative estimate of drug-likeness (QED) is 0.179. The molecule has 3 amide bonds. The van der Waals surface area contributed by atoms with Crippen molar-refractivity contribution in [3.05, 3.63) is 24.4 Å². The van der Waals surface area contributed by atoms with Crippen molar-refractivity contribution in [2.24, 2.45) is 17.8 Å². The van der Waals surface area contributed by atoms with Crippen molar-refractivity contribution in [2.75, 3.05) is 14.2 Å². The molecule has 0 aromatic carbocycles. The normalized spacial score (nSPS) is 24.2. The summed E-state index contributed by atoms with van der Waals surface area (Å²) in [6, 6.07) is -2.92. The predicted molar refractivity (Wildman–Crippen MR) is 172 cm³/mol. The Morgan fingerprint density at radius 2 is 1.47 bits per heavy atom. The van der Waals surface area contributed by atoms with Gasteiger partial charge in [-0.15, -0.1) is 0 Å². The Kier molecular flexibility index (Phi) is 18.4. The highest BCUT2D eigenvalue weighted by Crippen LogP contribution is 2.25. The van der Waals surface area contributed by atoms with Crippen molar-refractivity contribution >= 4 is 29.7 Å². The molecule has 1 aliphatic heterocycles. The standard InChI is InChI=1S/C34H57N3O8/c1-22(2)18-16-14-12-10-9-11-13-15-17-19-23(3)30-25(5)31(40)35-24(4)20-21-27(38)37(7)26(6)32(41)36-28(33(42)45-30)29(39)34(43)44-8/h20-23,25-26,28-30,39H,4,9-19H2,1-3,5-8H3,(H,35,40)(H,36,41)/b21-20+/t23-,25+,26-,28+,29+,30+/m1/s1. The monoisotopic (exact) mass is 635 g/mol. The molecule has 0 unspecified atom stereocenters. The van der Waals surface area contributed by atoms with Gasteiger partial charge in [0.25, 0.3) is 0 Å². The Labute approximate surface area is 269 Å². The maximum atomic E-state index is 13.5. The first-order chi connectivity index (χ1) is 21.2. The molecule has 0 saturated carbocycles. The minimum Gasteiger partial charge on any atom is -0.467 e. The van der Waals surface area contributed by atoms with Gasteiger partial charge in [0.1, 0.15) is 12.1 Å². The van der Waals surface area contributed by atoms with E-state index in [-0.39, 0.29) is 11.6 Å². The van der Waals surface area contributed by atoms with E-state index >= 15 is 0 Å². The molecule has 0 aliphatic carbocycles. The summed E-state index contributed by atoms with van der Waals surface area (Å²) in [6.07, 6.45) is 11.9. The zero-order chi connectivity index (χ0) is 34.1. The number of likely N-dealkylation sites (N-methyl/N-ethyl adjacent to an activating group) is 1. The van der Waals surface area contributed by atoms with E-state index in [0.717, 1.165) is 49.7 Å². The lowest BCUT2D eigenvalue weighted by molar-refractivity contribution is -0.170. The number of allylic oxidation sites excluding steroid dienone is 1. The molecule has 6 atom stereocenters. The van der Waals surface area contributed by atoms with Crippen LogP contribution in [0.2, 0.25) is 0 Å². The van der Waals surface area contributed by atoms with Crippen molar-refractivity contribution in [2.45, 2.75) is 130 Å². The first kappa shape index (κ1) is 39.8. The molecule has 1 rings (SSSR count). The fraction of sp³-hybridized carbons (Fsp3) is 0.735. The summed E-state index contributed by atoms with van der Waals surface area (Å²) in [5.41, 5.74) is 0.150. The lowest BCUT2D eigenvalue weighted by atomic mass is 9.88. The van der Waals surface area contributed by atoms with Crippen molar-refractivity contribution in [1.82, 2.24) is 15.5 Å². The van der Waals surface area contributed by atoms with E-state index in [1.807, 2.05) is 6.92 Å². The Morgan fingerprint density at radius 3 is 2.00 bits per heavy atom. The lowest BCUT2D eigenvalue weighted by Crippen LogP contribution is -2.57. The maximum absolute atomic E-state index is 13.5. The summed E-state index contributed by atoms with van der Waals surface area (Å²) in [6.45, 7) is 13.2. The Morgan fingerprint density at radius 1 is 0.933 bits per heavy atom. The fourth-order valence-corrected chi connectivity index (χ4v) is 5.26. The van der Waals surface area contributed by atoms with Crippen LogP contribution in [0, 0.1) is 17.8 Å². The molecule has 11 nitrogen and oxygen atoms in total. The van der Waals surface area contributed by atoms with Gasteiger partial charge in [-0.05, 0) is 31.3 Å². The summed E-state index contributed by atoms with van der Waals surface area (Å²) >= 11 is 0. The average molecular weight is 636 g/mol. The topological polar surface area (TPSA) is 151 Å². The number of carbonyl (C=O) groups excluding carboxylic acids is 5. The summed E-state index contributed by atoms with van der Waals surface area (Å²) in [5.74, 6) is -4.48. The lowest BCUT2D eigenvalue weighted by Gasteiger charge is -2.32. The second-order valence-corrected chi connectivity index (χ2v) is 12.7. The van der Waals surface area contributed by atoms with Crippen LogP contribution in [0.5, 0.6) is 0 Å². The first-order valence-corrected chi connectivity index (χ1v) is 16.4. The predicted octanol–water partition coefficient (Wildman–Crippen LogP) is 4.18. The minimum atomic E-state index is -2.08. The third-order valence-corrected chi connectivity index (χ3v) is 8.49. The summed E-state index contributed by atoms with van der Waals surface area (Å²) < 4.78 is 10.4. The molecule has 0 aromatic heterocycles. The number of unbranched alkanes of at least 4 members (excludes halogenated alkanes) is 8. The molecular formula is C34H57N3O8. The molecule has 0 bridgehead atoms. The van der Waals surface area contributed by atoms with Crippen molar-refractivity contribution in [3.8, 4) is 0 Å². The summed E-state index contributed by atoms with van der Waals surface area (Å²) in [7, 11) is 2.40. The Balaban J connectivity index is 3.02. The molecule has 256 valence electrons. The van der Waals surface area contributed by atoms with E-state index in [9.17, 15) is 29.1 Å². The number of hydrogen-bond acceptors (Lipinski definition) is 8. The Hall–Kier alpha value is -3.21. The molecule has 0 aromatic rings. The van der Waals surface area contributed by atoms with E-state index in [4.69, 9.17) is 4.74 Å². The second-order valence-electron chi connectivity index (χ2n) is 12.7. The van der Waals surface area contributed by atoms with Crippen molar-refractivity contribution < 1.29 is 38.6 Å². The van der Waals surface area contributed by atoms with Gasteiger partial charge in [-0.1, -0.05) is 98.5 Å². The van der Waals surface area contributed by atoms with Gasteiger partial charge >= 0.3 is 11.9 Å². The van der Waals surface area contributed by atoms with Crippen LogP contribution in [0.1, 0.15) is 105 Å². The summed E-state index contributed by atoms with van der Waals surface area (Å²) in [5, 5.41) is 15.6. The number of cyclic esters (lactones) is 1. The molecule has 0 radical (unpaired) electrons. The number of methoxy groups -OCH3 is 1. The van der Waals surface area contributed by atoms with E-state index in [0.29, 0.717) is 6.42 Å². The molecule has 1 heterocycles. The molecule has 45 heavy (non-hydrogen) atoms. The van der Waals surface area contributed by atoms with Crippen LogP contribution < -0.4 is 10.6 Å². The van der Waals surface area contributed by atoms with Crippen molar-refractivity contribution in [3.63, 3.8) is 0 Å². The van der Waals surface area contributed by atoms with Gasteiger partial charge in [-0.2, -0.15) is 0 Å². The van der Waals surface area contributed by atoms with Gasteiger partial charge in [0.05, 0.1) is 13.0 Å². The number of amides is 3. The SMILES string of the molecule is C=C1/C=C/C(=O)N(C)[C@H](C)C(=O)N[C@@H]([C@H](O)C(=O)OC)C(=O)O[C@@H]([C@H](C)CCCCCCCCCCCC(C)C)[C@H](C)C(=O)N1. The molecule has 0 saturated heterocycles. The zero-order valence-electron chi connectivity index (χ0n) is 28.4. The van der Waals surface area contributed by atoms with Crippen LogP contribution in [0.4, 0.5) is 0 Å². The van der Waals surface area contributed by atoms with E-state index in [1.165, 1.54) is 58.6 Å². The number of rotatable bonds is 15. The molecule has 1 aliphatic rings. The van der Waals surface area contributed by atoms with E-state index < -0.39 is 59.9 Å². The second kappa shape index (κ2) is 20.7. The largest absolute Gasteiger partial charge is 0.467 e. The number of aliphatic hydroxyl groups is 1. The van der Waals surface area contributed by atoms with Crippen LogP contribution in [0.25, 0.3) is 0 Å². The van der Waals surface area contributed by atoms with Crippen molar-refractivity contribution in [1.29, 1.82) is 0 Å². The molecule has 0 spiro atoms. The van der Waals surface area contributed by atoms with E-state index in [2.05, 4.69) is 35.8 Å². The van der Waals surface area contributed by atoms with Crippen LogP contribution in [0.3, 0.4) is 0 Å². The van der Waals surface area contributed by atoms with Crippen LogP contribution >= 0.6 is 0 Å². The third-order valence-electron chi connectivity index (χ3n) is 8.49. The van der Waals surface area contributed by atoms with Gasteiger partial charge < -0.3 is 30.1 Å². The van der Waals surface area contributed by atoms with Gasteiger partial charge in [0, 0.05) is 18.8 Å². The number of ether oxygens (including phenoxy) is 2. The molecule has 0 fully saturated rings. The Bertz CT molecular complexity index is 1030. The smallest absolute Gasteiger partial charge is 0.337 e. The van der Waals surface area contributed by atoms with E-state index in [1.54, 1.807) is 6.92 Å². The van der Waals surface area contributed by atoms with Gasteiger partial charge in [0.15, 0.2) is 12.1 Å². The fourth-order valence-electron chi connectivity index (χ4n) is 5.26. The summed E-state index contributed by atoms with van der Waals surface area (Å²) in [4.78, 5) is 65.6. The molecular weight excluding hydrogens is 578 g/mol. The maximum Gasteiger partial charge on any atom is 0.337 e. The molecule has 11 heteroatoms. The zero-order valence-corrected chi connectivity index (χ0v) is 28.4. The van der Waals surface area contributed by atoms with Crippen LogP contribution in [0.15, 0.2) is 24.4 Å². The highest BCUT2D eigenvalue weighted by Gasteiger charge is 2.41. The first-order valence-electron chi connectivity index (χ1n) is 16.4. The van der Waals surface area contributed by atoms with Gasteiger partial charge in [0.2, 0.25) is 17.7 Å². The number of carbonyl (C=O) groups is 5. The average Bonchev–Trinajstić information content (AvgIpc) is 3.00. The number of aliphatic hydroxyl groups excluding tert-OH is 1. The number of esters is 2. The highest BCUT2D eigenvalue weighted by atomic mass is 16.6. The van der Waals surface area contributed by atoms with Gasteiger partial charge in [-0.25, -0.2) is 9.59 Å². The third kappa shape index (κ3) is 14.2.